The van der Waals surface area contributed by atoms with E-state index in [1.165, 1.54) is 0 Å². The Kier molecular flexibility index (Phi) is 5.92. The van der Waals surface area contributed by atoms with Crippen LogP contribution in [0.15, 0.2) is 59.2 Å². The van der Waals surface area contributed by atoms with Crippen LogP contribution in [-0.4, -0.2) is 18.2 Å². The van der Waals surface area contributed by atoms with Crippen LogP contribution < -0.4 is 4.72 Å². The van der Waals surface area contributed by atoms with Crippen molar-refractivity contribution in [2.75, 3.05) is 4.72 Å². The summed E-state index contributed by atoms with van der Waals surface area (Å²) in [5.74, 6) is 0.0990. The molecule has 0 radical (unpaired) electrons. The van der Waals surface area contributed by atoms with Crippen molar-refractivity contribution in [3.8, 4) is 0 Å². The quantitative estimate of drug-likeness (QED) is 0.550. The molecule has 0 saturated carbocycles. The van der Waals surface area contributed by atoms with E-state index in [0.717, 1.165) is 5.56 Å². The highest BCUT2D eigenvalue weighted by Gasteiger charge is 2.16. The Morgan fingerprint density at radius 1 is 1.12 bits per heavy atom. The summed E-state index contributed by atoms with van der Waals surface area (Å²) in [4.78, 5) is 0. The Labute approximate surface area is 170 Å². The van der Waals surface area contributed by atoms with Gasteiger partial charge in [-0.05, 0) is 39.2 Å². The first-order chi connectivity index (χ1) is 12.3. The lowest BCUT2D eigenvalue weighted by atomic mass is 10.2. The van der Waals surface area contributed by atoms with Crippen LogP contribution in [0.25, 0.3) is 0 Å². The minimum atomic E-state index is -3.58. The van der Waals surface area contributed by atoms with Crippen molar-refractivity contribution < 1.29 is 8.42 Å². The Morgan fingerprint density at radius 2 is 1.85 bits per heavy atom. The van der Waals surface area contributed by atoms with E-state index in [-0.39, 0.29) is 11.6 Å². The fourth-order valence-corrected chi connectivity index (χ4v) is 4.51. The molecule has 0 amide bonds. The number of hydrogen-bond acceptors (Lipinski definition) is 3. The van der Waals surface area contributed by atoms with Crippen LogP contribution in [0.4, 0.5) is 5.82 Å². The standard InChI is InChI=1S/C17H14BrCl2N3O2S/c18-15-10-23(9-13-6-7-14(19)8-16(13)20)21-17(15)22-26(24,25)11-12-4-2-1-3-5-12/h1-8,10H,9,11H2,(H,21,22). The van der Waals surface area contributed by atoms with Crippen molar-refractivity contribution in [1.29, 1.82) is 0 Å². The summed E-state index contributed by atoms with van der Waals surface area (Å²) in [6, 6.07) is 14.1. The highest BCUT2D eigenvalue weighted by atomic mass is 79.9. The second-order valence-corrected chi connectivity index (χ2v) is 9.03. The highest BCUT2D eigenvalue weighted by molar-refractivity contribution is 9.10. The molecule has 1 N–H and O–H groups in total. The van der Waals surface area contributed by atoms with Crippen LogP contribution in [0.3, 0.4) is 0 Å². The smallest absolute Gasteiger partial charge is 0.238 e. The zero-order valence-electron chi connectivity index (χ0n) is 13.4. The van der Waals surface area contributed by atoms with Crippen molar-refractivity contribution in [3.05, 3.63) is 80.4 Å². The number of rotatable bonds is 6. The van der Waals surface area contributed by atoms with Gasteiger partial charge in [-0.15, -0.1) is 0 Å². The number of hydrogen-bond donors (Lipinski definition) is 1. The molecule has 0 aliphatic heterocycles. The van der Waals surface area contributed by atoms with E-state index in [0.29, 0.717) is 26.6 Å². The largest absolute Gasteiger partial charge is 0.265 e. The van der Waals surface area contributed by atoms with Gasteiger partial charge in [0, 0.05) is 16.2 Å². The van der Waals surface area contributed by atoms with Crippen LogP contribution in [0, 0.1) is 0 Å². The van der Waals surface area contributed by atoms with Crippen LogP contribution >= 0.6 is 39.1 Å². The summed E-state index contributed by atoms with van der Waals surface area (Å²) in [5, 5.41) is 5.36. The van der Waals surface area contributed by atoms with Gasteiger partial charge in [0.2, 0.25) is 10.0 Å². The molecule has 0 spiro atoms. The Hall–Kier alpha value is -1.54. The van der Waals surface area contributed by atoms with Crippen LogP contribution in [-0.2, 0) is 22.3 Å². The second kappa shape index (κ2) is 8.00. The van der Waals surface area contributed by atoms with Crippen molar-refractivity contribution >= 4 is 55.0 Å². The average Bonchev–Trinajstić information content (AvgIpc) is 2.89. The predicted molar refractivity (Wildman–Crippen MR) is 108 cm³/mol. The summed E-state index contributed by atoms with van der Waals surface area (Å²) in [7, 11) is -3.58. The van der Waals surface area contributed by atoms with E-state index in [1.54, 1.807) is 53.3 Å². The molecule has 0 fully saturated rings. The zero-order valence-corrected chi connectivity index (χ0v) is 17.3. The molecule has 0 aliphatic carbocycles. The van der Waals surface area contributed by atoms with Gasteiger partial charge in [-0.1, -0.05) is 59.6 Å². The van der Waals surface area contributed by atoms with Gasteiger partial charge in [0.05, 0.1) is 16.8 Å². The maximum atomic E-state index is 12.4. The average molecular weight is 475 g/mol. The van der Waals surface area contributed by atoms with Gasteiger partial charge in [-0.25, -0.2) is 8.42 Å². The van der Waals surface area contributed by atoms with Gasteiger partial charge in [-0.3, -0.25) is 9.40 Å². The summed E-state index contributed by atoms with van der Waals surface area (Å²) < 4.78 is 29.4. The molecule has 0 aliphatic rings. The normalized spacial score (nSPS) is 11.5. The molecule has 5 nitrogen and oxygen atoms in total. The van der Waals surface area contributed by atoms with Gasteiger partial charge in [0.25, 0.3) is 0 Å². The molecular formula is C17H14BrCl2N3O2S. The van der Waals surface area contributed by atoms with E-state index >= 15 is 0 Å². The molecule has 2 aromatic carbocycles. The third-order valence-electron chi connectivity index (χ3n) is 3.52. The number of sulfonamides is 1. The number of aromatic nitrogens is 2. The number of nitrogens with zero attached hydrogens (tertiary/aromatic N) is 2. The fourth-order valence-electron chi connectivity index (χ4n) is 2.35. The molecule has 0 bridgehead atoms. The lowest BCUT2D eigenvalue weighted by Gasteiger charge is -2.07. The topological polar surface area (TPSA) is 64.0 Å². The third-order valence-corrected chi connectivity index (χ3v) is 5.90. The van der Waals surface area contributed by atoms with Gasteiger partial charge in [-0.2, -0.15) is 5.10 Å². The number of benzene rings is 2. The molecular weight excluding hydrogens is 461 g/mol. The van der Waals surface area contributed by atoms with E-state index < -0.39 is 10.0 Å². The minimum absolute atomic E-state index is 0.129. The lowest BCUT2D eigenvalue weighted by molar-refractivity contribution is 0.600. The maximum absolute atomic E-state index is 12.4. The number of nitrogens with one attached hydrogen (secondary N) is 1. The minimum Gasteiger partial charge on any atom is -0.265 e. The molecule has 136 valence electrons. The summed E-state index contributed by atoms with van der Waals surface area (Å²) >= 11 is 15.4. The summed E-state index contributed by atoms with van der Waals surface area (Å²) in [5.41, 5.74) is 1.52. The molecule has 3 aromatic rings. The van der Waals surface area contributed by atoms with Gasteiger partial charge in [0.15, 0.2) is 5.82 Å². The molecule has 0 unspecified atom stereocenters. The first-order valence-corrected chi connectivity index (χ1v) is 10.7. The highest BCUT2D eigenvalue weighted by Crippen LogP contribution is 2.25. The Bertz CT molecular complexity index is 1020. The van der Waals surface area contributed by atoms with Crippen LogP contribution in [0.2, 0.25) is 10.0 Å². The first kappa shape index (κ1) is 19.2. The molecule has 1 aromatic heterocycles. The van der Waals surface area contributed by atoms with Crippen LogP contribution in [0.1, 0.15) is 11.1 Å². The maximum Gasteiger partial charge on any atom is 0.238 e. The van der Waals surface area contributed by atoms with Crippen molar-refractivity contribution in [2.45, 2.75) is 12.3 Å². The first-order valence-electron chi connectivity index (χ1n) is 7.54. The Balaban J connectivity index is 1.75. The second-order valence-electron chi connectivity index (χ2n) is 5.61. The van der Waals surface area contributed by atoms with Gasteiger partial charge < -0.3 is 0 Å². The summed E-state index contributed by atoms with van der Waals surface area (Å²) in [6.45, 7) is 0.384. The predicted octanol–water partition coefficient (Wildman–Crippen LogP) is 4.94. The monoisotopic (exact) mass is 473 g/mol. The Morgan fingerprint density at radius 3 is 2.54 bits per heavy atom. The van der Waals surface area contributed by atoms with Gasteiger partial charge in [0.1, 0.15) is 0 Å². The molecule has 9 heteroatoms. The zero-order chi connectivity index (χ0) is 18.7. The molecule has 0 atom stereocenters. The molecule has 0 saturated heterocycles. The fraction of sp³-hybridized carbons (Fsp3) is 0.118. The third kappa shape index (κ3) is 5.01. The summed E-state index contributed by atoms with van der Waals surface area (Å²) in [6.07, 6.45) is 1.69. The van der Waals surface area contributed by atoms with Crippen molar-refractivity contribution in [2.24, 2.45) is 0 Å². The van der Waals surface area contributed by atoms with E-state index in [1.807, 2.05) is 6.07 Å². The van der Waals surface area contributed by atoms with E-state index in [9.17, 15) is 8.42 Å². The molecule has 26 heavy (non-hydrogen) atoms. The van der Waals surface area contributed by atoms with Crippen molar-refractivity contribution in [3.63, 3.8) is 0 Å². The van der Waals surface area contributed by atoms with E-state index in [4.69, 9.17) is 23.2 Å². The number of halogens is 3. The lowest BCUT2D eigenvalue weighted by Crippen LogP contribution is -2.16. The van der Waals surface area contributed by atoms with Gasteiger partial charge >= 0.3 is 0 Å². The number of anilines is 1. The molecule has 3 rings (SSSR count). The molecule has 1 heterocycles. The van der Waals surface area contributed by atoms with E-state index in [2.05, 4.69) is 25.8 Å². The SMILES string of the molecule is O=S(=O)(Cc1ccccc1)Nc1nn(Cc2ccc(Cl)cc2Cl)cc1Br. The van der Waals surface area contributed by atoms with Crippen LogP contribution in [0.5, 0.6) is 0 Å². The van der Waals surface area contributed by atoms with Crippen molar-refractivity contribution in [1.82, 2.24) is 9.78 Å².